The molecular weight excluding hydrogens is 264 g/mol. The molecule has 1 fully saturated rings. The van der Waals surface area contributed by atoms with Crippen LogP contribution in [-0.2, 0) is 11.3 Å². The molecule has 5 heteroatoms. The summed E-state index contributed by atoms with van der Waals surface area (Å²) in [6.45, 7) is 5.05. The molecule has 1 aliphatic heterocycles. The van der Waals surface area contributed by atoms with Crippen LogP contribution in [0.1, 0.15) is 5.56 Å². The molecule has 5 nitrogen and oxygen atoms in total. The van der Waals surface area contributed by atoms with Gasteiger partial charge in [-0.05, 0) is 17.7 Å². The number of carbonyl (C=O) groups is 1. The molecule has 1 aromatic rings. The average Bonchev–Trinajstić information content (AvgIpc) is 2.48. The number of nitrogens with zero attached hydrogens (tertiary/aromatic N) is 3. The summed E-state index contributed by atoms with van der Waals surface area (Å²) in [5.41, 5.74) is 2.34. The Balaban J connectivity index is 1.84. The van der Waals surface area contributed by atoms with Crippen LogP contribution in [0.15, 0.2) is 24.3 Å². The number of benzene rings is 1. The molecule has 0 saturated carbocycles. The second-order valence-electron chi connectivity index (χ2n) is 5.84. The fraction of sp³-hybridized carbons (Fsp3) is 0.562. The Labute approximate surface area is 127 Å². The van der Waals surface area contributed by atoms with Crippen LogP contribution in [0.3, 0.4) is 0 Å². The van der Waals surface area contributed by atoms with Crippen molar-refractivity contribution < 1.29 is 4.79 Å². The minimum absolute atomic E-state index is 0.189. The van der Waals surface area contributed by atoms with Crippen LogP contribution < -0.4 is 10.2 Å². The van der Waals surface area contributed by atoms with Crippen LogP contribution in [0, 0.1) is 0 Å². The molecule has 0 aliphatic carbocycles. The number of piperazine rings is 1. The first-order valence-electron chi connectivity index (χ1n) is 7.49. The van der Waals surface area contributed by atoms with Crippen LogP contribution in [0.25, 0.3) is 0 Å². The second-order valence-corrected chi connectivity index (χ2v) is 5.84. The number of amides is 1. The topological polar surface area (TPSA) is 38.8 Å². The molecule has 21 heavy (non-hydrogen) atoms. The predicted molar refractivity (Wildman–Crippen MR) is 86.6 cm³/mol. The molecule has 1 N–H and O–H groups in total. The lowest BCUT2D eigenvalue weighted by molar-refractivity contribution is -0.131. The Morgan fingerprint density at radius 2 is 1.76 bits per heavy atom. The van der Waals surface area contributed by atoms with Crippen molar-refractivity contribution >= 4 is 11.6 Å². The number of carbonyl (C=O) groups excluding carboxylic acids is 1. The first-order chi connectivity index (χ1) is 10.1. The van der Waals surface area contributed by atoms with Crippen molar-refractivity contribution in [3.63, 3.8) is 0 Å². The van der Waals surface area contributed by atoms with E-state index in [4.69, 9.17) is 0 Å². The van der Waals surface area contributed by atoms with Crippen LogP contribution in [0.4, 0.5) is 5.69 Å². The maximum Gasteiger partial charge on any atom is 0.236 e. The number of nitrogens with one attached hydrogen (secondary N) is 1. The first kappa shape index (κ1) is 15.8. The van der Waals surface area contributed by atoms with Gasteiger partial charge in [0.2, 0.25) is 5.91 Å². The molecule has 0 bridgehead atoms. The minimum Gasteiger partial charge on any atom is -0.378 e. The SMILES string of the molecule is CN(Cc1ccc(N(C)C)cc1)C(=O)CN1CCNCC1. The predicted octanol–water partition coefficient (Wildman–Crippen LogP) is 0.616. The highest BCUT2D eigenvalue weighted by atomic mass is 16.2. The van der Waals surface area contributed by atoms with Crippen molar-refractivity contribution in [3.05, 3.63) is 29.8 Å². The van der Waals surface area contributed by atoms with Gasteiger partial charge in [0.25, 0.3) is 0 Å². The molecule has 116 valence electrons. The molecule has 1 amide bonds. The van der Waals surface area contributed by atoms with Crippen molar-refractivity contribution in [2.24, 2.45) is 0 Å². The van der Waals surface area contributed by atoms with Gasteiger partial charge in [-0.2, -0.15) is 0 Å². The van der Waals surface area contributed by atoms with Crippen LogP contribution in [0.5, 0.6) is 0 Å². The first-order valence-corrected chi connectivity index (χ1v) is 7.49. The van der Waals surface area contributed by atoms with E-state index in [1.807, 2.05) is 26.0 Å². The van der Waals surface area contributed by atoms with Gasteiger partial charge in [-0.25, -0.2) is 0 Å². The number of hydrogen-bond acceptors (Lipinski definition) is 4. The highest BCUT2D eigenvalue weighted by Crippen LogP contribution is 2.13. The number of rotatable bonds is 5. The Hall–Kier alpha value is -1.59. The van der Waals surface area contributed by atoms with Gasteiger partial charge < -0.3 is 15.1 Å². The third-order valence-electron chi connectivity index (χ3n) is 3.87. The van der Waals surface area contributed by atoms with Gasteiger partial charge in [0.05, 0.1) is 6.54 Å². The Kier molecular flexibility index (Phi) is 5.59. The largest absolute Gasteiger partial charge is 0.378 e. The normalized spacial score (nSPS) is 15.8. The lowest BCUT2D eigenvalue weighted by Gasteiger charge is -2.28. The summed E-state index contributed by atoms with van der Waals surface area (Å²) in [6.07, 6.45) is 0. The van der Waals surface area contributed by atoms with Gasteiger partial charge in [-0.3, -0.25) is 9.69 Å². The zero-order chi connectivity index (χ0) is 15.2. The van der Waals surface area contributed by atoms with Crippen LogP contribution >= 0.6 is 0 Å². The summed E-state index contributed by atoms with van der Waals surface area (Å²) < 4.78 is 0. The molecule has 1 saturated heterocycles. The smallest absolute Gasteiger partial charge is 0.236 e. The van der Waals surface area contributed by atoms with Crippen LogP contribution in [0.2, 0.25) is 0 Å². The van der Waals surface area contributed by atoms with E-state index in [1.165, 1.54) is 5.69 Å². The molecule has 0 aromatic heterocycles. The highest BCUT2D eigenvalue weighted by molar-refractivity contribution is 5.78. The van der Waals surface area contributed by atoms with Gasteiger partial charge in [0, 0.05) is 59.6 Å². The fourth-order valence-corrected chi connectivity index (χ4v) is 2.44. The van der Waals surface area contributed by atoms with Gasteiger partial charge in [0.15, 0.2) is 0 Å². The number of anilines is 1. The molecular formula is C16H26N4O. The zero-order valence-electron chi connectivity index (χ0n) is 13.3. The van der Waals surface area contributed by atoms with E-state index < -0.39 is 0 Å². The van der Waals surface area contributed by atoms with Gasteiger partial charge in [-0.1, -0.05) is 12.1 Å². The maximum atomic E-state index is 12.2. The molecule has 0 radical (unpaired) electrons. The van der Waals surface area contributed by atoms with Crippen LogP contribution in [-0.4, -0.2) is 69.6 Å². The van der Waals surface area contributed by atoms with Crippen molar-refractivity contribution in [2.75, 3.05) is 58.8 Å². The van der Waals surface area contributed by atoms with E-state index in [-0.39, 0.29) is 5.91 Å². The highest BCUT2D eigenvalue weighted by Gasteiger charge is 2.16. The van der Waals surface area contributed by atoms with E-state index in [9.17, 15) is 4.79 Å². The summed E-state index contributed by atoms with van der Waals surface area (Å²) in [5, 5.41) is 3.30. The van der Waals surface area contributed by atoms with Crippen molar-refractivity contribution in [3.8, 4) is 0 Å². The number of hydrogen-bond donors (Lipinski definition) is 1. The molecule has 0 spiro atoms. The Bertz CT molecular complexity index is 452. The van der Waals surface area contributed by atoms with Gasteiger partial charge >= 0.3 is 0 Å². The average molecular weight is 290 g/mol. The van der Waals surface area contributed by atoms with E-state index in [0.717, 1.165) is 31.7 Å². The summed E-state index contributed by atoms with van der Waals surface area (Å²) >= 11 is 0. The molecule has 0 unspecified atom stereocenters. The van der Waals surface area contributed by atoms with E-state index >= 15 is 0 Å². The maximum absolute atomic E-state index is 12.2. The Morgan fingerprint density at radius 3 is 2.33 bits per heavy atom. The Morgan fingerprint density at radius 1 is 1.14 bits per heavy atom. The fourth-order valence-electron chi connectivity index (χ4n) is 2.44. The summed E-state index contributed by atoms with van der Waals surface area (Å²) in [4.78, 5) is 18.3. The standard InChI is InChI=1S/C16H26N4O/c1-18(2)15-6-4-14(5-7-15)12-19(3)16(21)13-20-10-8-17-9-11-20/h4-7,17H,8-13H2,1-3H3. The lowest BCUT2D eigenvalue weighted by atomic mass is 10.2. The monoisotopic (exact) mass is 290 g/mol. The molecule has 2 rings (SSSR count). The summed E-state index contributed by atoms with van der Waals surface area (Å²) in [6, 6.07) is 8.35. The zero-order valence-corrected chi connectivity index (χ0v) is 13.3. The molecule has 0 atom stereocenters. The van der Waals surface area contributed by atoms with E-state index in [2.05, 4.69) is 39.4 Å². The second kappa shape index (κ2) is 7.43. The molecule has 1 aliphatic rings. The van der Waals surface area contributed by atoms with Gasteiger partial charge in [-0.15, -0.1) is 0 Å². The van der Waals surface area contributed by atoms with Crippen molar-refractivity contribution in [1.29, 1.82) is 0 Å². The van der Waals surface area contributed by atoms with Crippen molar-refractivity contribution in [2.45, 2.75) is 6.54 Å². The van der Waals surface area contributed by atoms with Gasteiger partial charge in [0.1, 0.15) is 0 Å². The third kappa shape index (κ3) is 4.72. The van der Waals surface area contributed by atoms with E-state index in [1.54, 1.807) is 0 Å². The lowest BCUT2D eigenvalue weighted by Crippen LogP contribution is -2.47. The van der Waals surface area contributed by atoms with E-state index in [0.29, 0.717) is 13.1 Å². The molecule has 1 heterocycles. The van der Waals surface area contributed by atoms with Crippen molar-refractivity contribution in [1.82, 2.24) is 15.1 Å². The quantitative estimate of drug-likeness (QED) is 0.863. The third-order valence-corrected chi connectivity index (χ3v) is 3.87. The number of likely N-dealkylation sites (N-methyl/N-ethyl adjacent to an activating group) is 1. The molecule has 1 aromatic carbocycles. The summed E-state index contributed by atoms with van der Waals surface area (Å²) in [5.74, 6) is 0.189. The summed E-state index contributed by atoms with van der Waals surface area (Å²) in [7, 11) is 5.93. The minimum atomic E-state index is 0.189.